The van der Waals surface area contributed by atoms with Gasteiger partial charge in [-0.05, 0) is 49.6 Å². The summed E-state index contributed by atoms with van der Waals surface area (Å²) in [4.78, 5) is 33.9. The summed E-state index contributed by atoms with van der Waals surface area (Å²) in [7, 11) is 0. The van der Waals surface area contributed by atoms with Gasteiger partial charge in [0, 0.05) is 30.4 Å². The van der Waals surface area contributed by atoms with E-state index in [-0.39, 0.29) is 35.8 Å². The first-order chi connectivity index (χ1) is 14.5. The Morgan fingerprint density at radius 3 is 2.70 bits per heavy atom. The number of ether oxygens (including phenoxy) is 1. The van der Waals surface area contributed by atoms with Gasteiger partial charge in [-0.1, -0.05) is 6.58 Å². The molecule has 8 nitrogen and oxygen atoms in total. The van der Waals surface area contributed by atoms with Gasteiger partial charge < -0.3 is 20.3 Å². The third-order valence-electron chi connectivity index (χ3n) is 4.91. The molecule has 1 aromatic carbocycles. The topological polar surface area (TPSA) is 96.5 Å². The third kappa shape index (κ3) is 4.73. The maximum atomic E-state index is 13.8. The second-order valence-corrected chi connectivity index (χ2v) is 7.32. The zero-order chi connectivity index (χ0) is 21.1. The lowest BCUT2D eigenvalue weighted by Gasteiger charge is -2.17. The molecule has 1 saturated heterocycles. The van der Waals surface area contributed by atoms with Crippen LogP contribution in [-0.2, 0) is 4.79 Å². The molecule has 1 saturated carbocycles. The van der Waals surface area contributed by atoms with Crippen molar-refractivity contribution in [3.63, 3.8) is 0 Å². The molecule has 1 aliphatic heterocycles. The van der Waals surface area contributed by atoms with Crippen LogP contribution < -0.4 is 15.4 Å². The predicted molar refractivity (Wildman–Crippen MR) is 109 cm³/mol. The number of hydrogen-bond acceptors (Lipinski definition) is 6. The SMILES string of the molecule is C=CC(=O)Nc1ccc(C(=O)N2CC[C@@H](Nc3ncc(F)c(OC4CC4)n3)C2)cc1. The number of anilines is 2. The molecular weight excluding hydrogens is 389 g/mol. The molecule has 0 unspecified atom stereocenters. The fourth-order valence-corrected chi connectivity index (χ4v) is 3.16. The Morgan fingerprint density at radius 2 is 2.00 bits per heavy atom. The highest BCUT2D eigenvalue weighted by Crippen LogP contribution is 2.27. The first kappa shape index (κ1) is 19.8. The molecular formula is C21H22FN5O3. The maximum Gasteiger partial charge on any atom is 0.255 e. The monoisotopic (exact) mass is 411 g/mol. The zero-order valence-electron chi connectivity index (χ0n) is 16.3. The molecule has 1 aliphatic carbocycles. The van der Waals surface area contributed by atoms with Crippen molar-refractivity contribution in [3.05, 3.63) is 54.5 Å². The summed E-state index contributed by atoms with van der Waals surface area (Å²) in [6.45, 7) is 4.46. The molecule has 0 radical (unpaired) electrons. The van der Waals surface area contributed by atoms with Gasteiger partial charge in [0.2, 0.25) is 17.7 Å². The number of benzene rings is 1. The minimum absolute atomic E-state index is 0.0374. The number of nitrogens with zero attached hydrogens (tertiary/aromatic N) is 3. The van der Waals surface area contributed by atoms with Gasteiger partial charge >= 0.3 is 0 Å². The van der Waals surface area contributed by atoms with E-state index in [1.165, 1.54) is 6.08 Å². The highest BCUT2D eigenvalue weighted by Gasteiger charge is 2.29. The van der Waals surface area contributed by atoms with E-state index in [1.807, 2.05) is 0 Å². The van der Waals surface area contributed by atoms with Crippen molar-refractivity contribution in [2.45, 2.75) is 31.4 Å². The van der Waals surface area contributed by atoms with Gasteiger partial charge in [-0.15, -0.1) is 0 Å². The Bertz CT molecular complexity index is 962. The van der Waals surface area contributed by atoms with E-state index in [9.17, 15) is 14.0 Å². The van der Waals surface area contributed by atoms with Crippen molar-refractivity contribution >= 4 is 23.5 Å². The van der Waals surface area contributed by atoms with Crippen LogP contribution in [0.3, 0.4) is 0 Å². The Hall–Kier alpha value is -3.49. The number of hydrogen-bond donors (Lipinski definition) is 2. The van der Waals surface area contributed by atoms with E-state index < -0.39 is 5.82 Å². The molecule has 2 amide bonds. The standard InChI is InChI=1S/C21H22FN5O3/c1-2-18(28)24-14-5-3-13(4-6-14)20(29)27-10-9-15(12-27)25-21-23-11-17(22)19(26-21)30-16-7-8-16/h2-6,11,15-16H,1,7-10,12H2,(H,24,28)(H,23,25,26)/t15-/m1/s1. The lowest BCUT2D eigenvalue weighted by molar-refractivity contribution is -0.111. The van der Waals surface area contributed by atoms with Crippen molar-refractivity contribution < 1.29 is 18.7 Å². The highest BCUT2D eigenvalue weighted by atomic mass is 19.1. The summed E-state index contributed by atoms with van der Waals surface area (Å²) >= 11 is 0. The number of aromatic nitrogens is 2. The Labute approximate surface area is 173 Å². The van der Waals surface area contributed by atoms with E-state index >= 15 is 0 Å². The summed E-state index contributed by atoms with van der Waals surface area (Å²) in [5, 5.41) is 5.80. The van der Waals surface area contributed by atoms with E-state index in [4.69, 9.17) is 4.74 Å². The predicted octanol–water partition coefficient (Wildman–Crippen LogP) is 2.61. The van der Waals surface area contributed by atoms with Crippen molar-refractivity contribution in [1.29, 1.82) is 0 Å². The van der Waals surface area contributed by atoms with Crippen LogP contribution in [0.25, 0.3) is 0 Å². The summed E-state index contributed by atoms with van der Waals surface area (Å²) in [6, 6.07) is 6.65. The number of halogens is 1. The first-order valence-electron chi connectivity index (χ1n) is 9.80. The molecule has 0 spiro atoms. The van der Waals surface area contributed by atoms with Crippen LogP contribution in [0.1, 0.15) is 29.6 Å². The van der Waals surface area contributed by atoms with Crippen molar-refractivity contribution in [3.8, 4) is 5.88 Å². The van der Waals surface area contributed by atoms with Gasteiger partial charge in [0.1, 0.15) is 6.10 Å². The van der Waals surface area contributed by atoms with Crippen LogP contribution in [0, 0.1) is 5.82 Å². The van der Waals surface area contributed by atoms with Gasteiger partial charge in [0.25, 0.3) is 11.8 Å². The van der Waals surface area contributed by atoms with Crippen LogP contribution in [0.5, 0.6) is 5.88 Å². The average Bonchev–Trinajstić information content (AvgIpc) is 3.45. The quantitative estimate of drug-likeness (QED) is 0.680. The van der Waals surface area contributed by atoms with E-state index in [1.54, 1.807) is 29.2 Å². The second kappa shape index (κ2) is 8.48. The van der Waals surface area contributed by atoms with Gasteiger partial charge in [-0.25, -0.2) is 4.98 Å². The van der Waals surface area contributed by atoms with Crippen LogP contribution in [-0.4, -0.2) is 51.9 Å². The molecule has 1 atom stereocenters. The number of likely N-dealkylation sites (tertiary alicyclic amines) is 1. The van der Waals surface area contributed by atoms with Gasteiger partial charge in [0.05, 0.1) is 6.20 Å². The summed E-state index contributed by atoms with van der Waals surface area (Å²) < 4.78 is 19.2. The van der Waals surface area contributed by atoms with Gasteiger partial charge in [-0.2, -0.15) is 9.37 Å². The third-order valence-corrected chi connectivity index (χ3v) is 4.91. The minimum atomic E-state index is -0.580. The lowest BCUT2D eigenvalue weighted by Crippen LogP contribution is -2.31. The molecule has 2 aliphatic rings. The van der Waals surface area contributed by atoms with E-state index in [0.717, 1.165) is 25.5 Å². The maximum absolute atomic E-state index is 13.8. The molecule has 2 N–H and O–H groups in total. The minimum Gasteiger partial charge on any atom is -0.472 e. The van der Waals surface area contributed by atoms with Gasteiger partial charge in [0.15, 0.2) is 0 Å². The van der Waals surface area contributed by atoms with Crippen LogP contribution in [0.15, 0.2) is 43.1 Å². The summed E-state index contributed by atoms with van der Waals surface area (Å²) in [6.07, 6.45) is 4.86. The zero-order valence-corrected chi connectivity index (χ0v) is 16.3. The van der Waals surface area contributed by atoms with Crippen LogP contribution >= 0.6 is 0 Å². The molecule has 9 heteroatoms. The number of carbonyl (C=O) groups excluding carboxylic acids is 2. The van der Waals surface area contributed by atoms with Crippen molar-refractivity contribution in [1.82, 2.24) is 14.9 Å². The first-order valence-corrected chi connectivity index (χ1v) is 9.80. The molecule has 4 rings (SSSR count). The Morgan fingerprint density at radius 1 is 1.23 bits per heavy atom. The number of carbonyl (C=O) groups is 2. The summed E-state index contributed by atoms with van der Waals surface area (Å²) in [5.41, 5.74) is 1.13. The Balaban J connectivity index is 1.34. The molecule has 2 aromatic rings. The number of nitrogens with one attached hydrogen (secondary N) is 2. The summed E-state index contributed by atoms with van der Waals surface area (Å²) in [5.74, 6) is -0.739. The van der Waals surface area contributed by atoms with Crippen molar-refractivity contribution in [2.24, 2.45) is 0 Å². The normalized spacial score (nSPS) is 18.0. The molecule has 2 fully saturated rings. The molecule has 156 valence electrons. The van der Waals surface area contributed by atoms with E-state index in [0.29, 0.717) is 24.3 Å². The highest BCUT2D eigenvalue weighted by molar-refractivity contribution is 5.99. The number of rotatable bonds is 7. The van der Waals surface area contributed by atoms with Gasteiger partial charge in [-0.3, -0.25) is 9.59 Å². The second-order valence-electron chi connectivity index (χ2n) is 7.32. The van der Waals surface area contributed by atoms with Crippen molar-refractivity contribution in [2.75, 3.05) is 23.7 Å². The molecule has 30 heavy (non-hydrogen) atoms. The van der Waals surface area contributed by atoms with E-state index in [2.05, 4.69) is 27.2 Å². The Kier molecular flexibility index (Phi) is 5.60. The molecule has 1 aromatic heterocycles. The average molecular weight is 411 g/mol. The largest absolute Gasteiger partial charge is 0.472 e. The number of amides is 2. The van der Waals surface area contributed by atoms with Crippen LogP contribution in [0.4, 0.5) is 16.0 Å². The fourth-order valence-electron chi connectivity index (χ4n) is 3.16. The lowest BCUT2D eigenvalue weighted by atomic mass is 10.2. The smallest absolute Gasteiger partial charge is 0.255 e. The molecule has 2 heterocycles. The molecule has 0 bridgehead atoms. The fraction of sp³-hybridized carbons (Fsp3) is 0.333. The van der Waals surface area contributed by atoms with Crippen LogP contribution in [0.2, 0.25) is 0 Å².